The van der Waals surface area contributed by atoms with E-state index in [4.69, 9.17) is 0 Å². The summed E-state index contributed by atoms with van der Waals surface area (Å²) in [5.41, 5.74) is 0.547. The van der Waals surface area contributed by atoms with Crippen molar-refractivity contribution >= 4 is 11.9 Å². The van der Waals surface area contributed by atoms with Crippen LogP contribution in [0.1, 0.15) is 36.2 Å². The Bertz CT molecular complexity index is 502. The van der Waals surface area contributed by atoms with Gasteiger partial charge in [-0.05, 0) is 32.2 Å². The third kappa shape index (κ3) is 1.98. The normalized spacial score (nSPS) is 28.8. The highest BCUT2D eigenvalue weighted by Gasteiger charge is 2.38. The lowest BCUT2D eigenvalue weighted by atomic mass is 10.1. The molecule has 3 aliphatic heterocycles. The number of amides is 1. The van der Waals surface area contributed by atoms with E-state index in [1.165, 1.54) is 19.4 Å². The summed E-state index contributed by atoms with van der Waals surface area (Å²) in [6.45, 7) is 4.21. The van der Waals surface area contributed by atoms with Crippen molar-refractivity contribution < 1.29 is 4.79 Å². The molecule has 0 aromatic carbocycles. The second kappa shape index (κ2) is 4.77. The molecule has 0 spiro atoms. The van der Waals surface area contributed by atoms with Gasteiger partial charge in [0.15, 0.2) is 0 Å². The molecule has 4 heterocycles. The fraction of sp³-hybridized carbons (Fsp3) is 0.714. The summed E-state index contributed by atoms with van der Waals surface area (Å²) in [5, 5.41) is 6.42. The van der Waals surface area contributed by atoms with Crippen molar-refractivity contribution in [3.05, 3.63) is 11.9 Å². The Balaban J connectivity index is 1.46. The van der Waals surface area contributed by atoms with E-state index < -0.39 is 0 Å². The van der Waals surface area contributed by atoms with Crippen molar-refractivity contribution in [3.8, 4) is 0 Å². The molecule has 0 radical (unpaired) electrons. The molecule has 1 amide bonds. The minimum atomic E-state index is -0.0209. The Morgan fingerprint density at radius 1 is 1.30 bits per heavy atom. The topological polar surface area (TPSA) is 62.2 Å². The highest BCUT2D eigenvalue weighted by atomic mass is 16.2. The zero-order valence-electron chi connectivity index (χ0n) is 11.6. The maximum absolute atomic E-state index is 12.4. The van der Waals surface area contributed by atoms with Crippen molar-refractivity contribution in [1.82, 2.24) is 19.8 Å². The monoisotopic (exact) mass is 275 g/mol. The van der Waals surface area contributed by atoms with E-state index in [1.807, 2.05) is 10.8 Å². The van der Waals surface area contributed by atoms with Crippen molar-refractivity contribution in [2.24, 2.45) is 0 Å². The van der Waals surface area contributed by atoms with Gasteiger partial charge in [0, 0.05) is 37.9 Å². The molecule has 2 fully saturated rings. The highest BCUT2D eigenvalue weighted by Crippen LogP contribution is 2.28. The molecule has 2 saturated heterocycles. The molecule has 1 aromatic rings. The van der Waals surface area contributed by atoms with Crippen molar-refractivity contribution in [1.29, 1.82) is 0 Å². The van der Waals surface area contributed by atoms with E-state index in [2.05, 4.69) is 20.5 Å². The maximum Gasteiger partial charge on any atom is 0.271 e. The summed E-state index contributed by atoms with van der Waals surface area (Å²) >= 11 is 0. The quantitative estimate of drug-likeness (QED) is 0.832. The minimum Gasteiger partial charge on any atom is -0.356 e. The first-order valence-corrected chi connectivity index (χ1v) is 7.67. The second-order valence-electron chi connectivity index (χ2n) is 6.04. The van der Waals surface area contributed by atoms with E-state index in [0.29, 0.717) is 17.8 Å². The molecule has 3 aliphatic rings. The molecule has 2 N–H and O–H groups in total. The van der Waals surface area contributed by atoms with Crippen LogP contribution in [0.4, 0.5) is 5.95 Å². The van der Waals surface area contributed by atoms with Crippen LogP contribution in [0, 0.1) is 0 Å². The maximum atomic E-state index is 12.4. The number of hydrogen-bond acceptors (Lipinski definition) is 4. The van der Waals surface area contributed by atoms with Gasteiger partial charge >= 0.3 is 0 Å². The highest BCUT2D eigenvalue weighted by molar-refractivity contribution is 5.92. The first-order valence-electron chi connectivity index (χ1n) is 7.67. The largest absolute Gasteiger partial charge is 0.356 e. The van der Waals surface area contributed by atoms with E-state index in [9.17, 15) is 4.79 Å². The first kappa shape index (κ1) is 12.2. The van der Waals surface area contributed by atoms with Gasteiger partial charge in [0.2, 0.25) is 5.95 Å². The molecule has 2 unspecified atom stereocenters. The number of rotatable bonds is 2. The number of nitrogens with one attached hydrogen (secondary N) is 2. The van der Waals surface area contributed by atoms with Crippen LogP contribution in [0.15, 0.2) is 6.20 Å². The van der Waals surface area contributed by atoms with Crippen LogP contribution in [0.3, 0.4) is 0 Å². The molecular weight excluding hydrogens is 254 g/mol. The van der Waals surface area contributed by atoms with Crippen LogP contribution in [0.25, 0.3) is 0 Å². The summed E-state index contributed by atoms with van der Waals surface area (Å²) in [4.78, 5) is 19.3. The number of carbonyl (C=O) groups is 1. The lowest BCUT2D eigenvalue weighted by molar-refractivity contribution is 0.0925. The summed E-state index contributed by atoms with van der Waals surface area (Å²) in [5.74, 6) is 0.808. The Hall–Kier alpha value is -1.56. The average molecular weight is 275 g/mol. The number of aromatic nitrogens is 2. The molecule has 6 nitrogen and oxygen atoms in total. The molecule has 108 valence electrons. The lowest BCUT2D eigenvalue weighted by Gasteiger charge is -2.20. The van der Waals surface area contributed by atoms with Gasteiger partial charge in [-0.2, -0.15) is 0 Å². The summed E-state index contributed by atoms with van der Waals surface area (Å²) < 4.78 is 2.04. The molecule has 0 aliphatic carbocycles. The fourth-order valence-corrected chi connectivity index (χ4v) is 3.78. The zero-order valence-corrected chi connectivity index (χ0v) is 11.6. The summed E-state index contributed by atoms with van der Waals surface area (Å²) in [6.07, 6.45) is 6.51. The van der Waals surface area contributed by atoms with Gasteiger partial charge in [-0.1, -0.05) is 0 Å². The number of hydrogen-bond donors (Lipinski definition) is 2. The Labute approximate surface area is 118 Å². The predicted octanol–water partition coefficient (Wildman–Crippen LogP) is 0.665. The number of carbonyl (C=O) groups excluding carboxylic acids is 1. The first-order chi connectivity index (χ1) is 9.81. The zero-order chi connectivity index (χ0) is 13.5. The third-order valence-electron chi connectivity index (χ3n) is 4.79. The van der Waals surface area contributed by atoms with Crippen LogP contribution in [-0.4, -0.2) is 52.1 Å². The van der Waals surface area contributed by atoms with Gasteiger partial charge in [0.05, 0.1) is 0 Å². The second-order valence-corrected chi connectivity index (χ2v) is 6.04. The van der Waals surface area contributed by atoms with Crippen LogP contribution in [0.5, 0.6) is 0 Å². The Kier molecular flexibility index (Phi) is 2.91. The van der Waals surface area contributed by atoms with Crippen LogP contribution in [0.2, 0.25) is 0 Å². The molecule has 1 aromatic heterocycles. The van der Waals surface area contributed by atoms with E-state index >= 15 is 0 Å². The Morgan fingerprint density at radius 2 is 2.25 bits per heavy atom. The van der Waals surface area contributed by atoms with Crippen molar-refractivity contribution in [2.75, 3.05) is 25.0 Å². The third-order valence-corrected chi connectivity index (χ3v) is 4.79. The number of anilines is 1. The van der Waals surface area contributed by atoms with Crippen LogP contribution in [-0.2, 0) is 6.54 Å². The molecule has 20 heavy (non-hydrogen) atoms. The van der Waals surface area contributed by atoms with E-state index in [1.54, 1.807) is 0 Å². The van der Waals surface area contributed by atoms with Crippen molar-refractivity contribution in [3.63, 3.8) is 0 Å². The lowest BCUT2D eigenvalue weighted by Crippen LogP contribution is -2.42. The number of fused-ring (bicyclic) bond motifs is 2. The summed E-state index contributed by atoms with van der Waals surface area (Å²) in [7, 11) is 0. The smallest absolute Gasteiger partial charge is 0.271 e. The van der Waals surface area contributed by atoms with E-state index in [0.717, 1.165) is 38.4 Å². The molecule has 2 atom stereocenters. The number of nitrogens with zero attached hydrogens (tertiary/aromatic N) is 3. The van der Waals surface area contributed by atoms with Gasteiger partial charge < -0.3 is 15.2 Å². The summed E-state index contributed by atoms with van der Waals surface area (Å²) in [6, 6.07) is 0.853. The van der Waals surface area contributed by atoms with Crippen molar-refractivity contribution in [2.45, 2.75) is 44.3 Å². The van der Waals surface area contributed by atoms with Gasteiger partial charge in [-0.25, -0.2) is 4.98 Å². The molecule has 4 rings (SSSR count). The SMILES string of the molecule is O=C(NC1CCN2CCCC12)c1cn2c(n1)NCCC2. The Morgan fingerprint density at radius 3 is 3.15 bits per heavy atom. The molecular formula is C14H21N5O. The minimum absolute atomic E-state index is 0.0209. The molecule has 0 saturated carbocycles. The molecule has 0 bridgehead atoms. The fourth-order valence-electron chi connectivity index (χ4n) is 3.78. The predicted molar refractivity (Wildman–Crippen MR) is 75.8 cm³/mol. The van der Waals surface area contributed by atoms with Crippen LogP contribution >= 0.6 is 0 Å². The average Bonchev–Trinajstić information content (AvgIpc) is 3.13. The van der Waals surface area contributed by atoms with Gasteiger partial charge in [-0.15, -0.1) is 0 Å². The number of imidazole rings is 1. The van der Waals surface area contributed by atoms with Gasteiger partial charge in [0.1, 0.15) is 5.69 Å². The van der Waals surface area contributed by atoms with E-state index in [-0.39, 0.29) is 5.91 Å². The number of aryl methyl sites for hydroxylation is 1. The standard InChI is InChI=1S/C14H21N5O/c20-13(11-9-19-7-2-5-15-14(19)17-11)16-10-4-8-18-6-1-3-12(10)18/h9-10,12H,1-8H2,(H,15,17)(H,16,20). The van der Waals surface area contributed by atoms with Gasteiger partial charge in [0.25, 0.3) is 5.91 Å². The van der Waals surface area contributed by atoms with Gasteiger partial charge in [-0.3, -0.25) is 9.69 Å². The molecule has 6 heteroatoms. The van der Waals surface area contributed by atoms with Crippen LogP contribution < -0.4 is 10.6 Å².